The number of amides is 2. The Kier molecular flexibility index (Phi) is 11.2. The molecule has 1 rings (SSSR count). The molecule has 24 heavy (non-hydrogen) atoms. The van der Waals surface area contributed by atoms with Gasteiger partial charge in [0.2, 0.25) is 0 Å². The van der Waals surface area contributed by atoms with Gasteiger partial charge in [-0.25, -0.2) is 4.79 Å². The van der Waals surface area contributed by atoms with Crippen molar-refractivity contribution in [1.29, 1.82) is 0 Å². The topological polar surface area (TPSA) is 75.3 Å². The first-order valence-electron chi connectivity index (χ1n) is 8.49. The van der Waals surface area contributed by atoms with Crippen LogP contribution in [0.15, 0.2) is 30.3 Å². The molecule has 0 heterocycles. The second-order valence-electron chi connectivity index (χ2n) is 5.61. The normalized spacial score (nSPS) is 12.2. The monoisotopic (exact) mass is 334 g/mol. The number of hydrogen-bond acceptors (Lipinski definition) is 3. The van der Waals surface area contributed by atoms with Crippen LogP contribution in [0.2, 0.25) is 0 Å². The average molecular weight is 334 g/mol. The van der Waals surface area contributed by atoms with Gasteiger partial charge in [-0.15, -0.1) is 0 Å². The molecule has 0 fully saturated rings. The van der Waals surface area contributed by atoms with Crippen LogP contribution in [0, 0.1) is 0 Å². The molecule has 1 aromatic rings. The fourth-order valence-corrected chi connectivity index (χ4v) is 2.17. The Labute approximate surface area is 145 Å². The van der Waals surface area contributed by atoms with Crippen molar-refractivity contribution in [2.45, 2.75) is 66.0 Å². The van der Waals surface area contributed by atoms with E-state index in [2.05, 4.69) is 10.6 Å². The van der Waals surface area contributed by atoms with Crippen LogP contribution in [0.25, 0.3) is 0 Å². The molecule has 0 aliphatic carbocycles. The van der Waals surface area contributed by atoms with E-state index in [0.717, 1.165) is 5.56 Å². The maximum atomic E-state index is 11.9. The molecule has 0 spiro atoms. The molecule has 2 unspecified atom stereocenters. The Bertz CT molecular complexity index is 515. The van der Waals surface area contributed by atoms with E-state index in [-0.39, 0.29) is 30.1 Å². The Balaban J connectivity index is 0.00000254. The van der Waals surface area contributed by atoms with E-state index in [1.54, 1.807) is 0 Å². The van der Waals surface area contributed by atoms with Crippen molar-refractivity contribution in [3.63, 3.8) is 0 Å². The van der Waals surface area contributed by atoms with Crippen molar-refractivity contribution in [3.8, 4) is 0 Å². The number of urea groups is 1. The predicted octanol–water partition coefficient (Wildman–Crippen LogP) is 3.27. The number of ketones is 2. The van der Waals surface area contributed by atoms with Gasteiger partial charge in [-0.2, -0.15) is 0 Å². The lowest BCUT2D eigenvalue weighted by molar-refractivity contribution is -0.119. The Hall–Kier alpha value is -2.17. The highest BCUT2D eigenvalue weighted by molar-refractivity contribution is 5.87. The summed E-state index contributed by atoms with van der Waals surface area (Å²) < 4.78 is 0. The van der Waals surface area contributed by atoms with Crippen molar-refractivity contribution >= 4 is 17.6 Å². The van der Waals surface area contributed by atoms with Crippen molar-refractivity contribution < 1.29 is 14.4 Å². The first kappa shape index (κ1) is 21.8. The quantitative estimate of drug-likeness (QED) is 0.766. The minimum atomic E-state index is -0.618. The van der Waals surface area contributed by atoms with Gasteiger partial charge < -0.3 is 15.4 Å². The molecule has 2 atom stereocenters. The van der Waals surface area contributed by atoms with Crippen LogP contribution in [0.1, 0.15) is 53.0 Å². The number of carbonyl (C=O) groups is 3. The predicted molar refractivity (Wildman–Crippen MR) is 97.0 cm³/mol. The van der Waals surface area contributed by atoms with Crippen LogP contribution < -0.4 is 10.6 Å². The molecule has 1 aromatic carbocycles. The largest absolute Gasteiger partial charge is 0.335 e. The zero-order valence-electron chi connectivity index (χ0n) is 15.4. The van der Waals surface area contributed by atoms with Crippen molar-refractivity contribution in [2.75, 3.05) is 0 Å². The Morgan fingerprint density at radius 3 is 2.08 bits per heavy atom. The van der Waals surface area contributed by atoms with E-state index < -0.39 is 6.04 Å². The first-order chi connectivity index (χ1) is 11.4. The van der Waals surface area contributed by atoms with Gasteiger partial charge in [-0.1, -0.05) is 44.2 Å². The molecule has 0 aliphatic rings. The summed E-state index contributed by atoms with van der Waals surface area (Å²) in [4.78, 5) is 34.5. The maximum absolute atomic E-state index is 11.9. The standard InChI is InChI=1S/C17H24N2O3.C2H6/c1-12(11-15-7-5-4-6-8-15)18-17(22)19-16(14(3)21)10-9-13(2)20;1-2/h4-8,12,16H,9-11H2,1-3H3,(H2,18,19,22);1-2H3. The van der Waals surface area contributed by atoms with E-state index in [1.807, 2.05) is 51.1 Å². The third-order valence-electron chi connectivity index (χ3n) is 3.34. The van der Waals surface area contributed by atoms with Crippen molar-refractivity contribution in [3.05, 3.63) is 35.9 Å². The van der Waals surface area contributed by atoms with E-state index in [4.69, 9.17) is 0 Å². The van der Waals surface area contributed by atoms with Gasteiger partial charge in [0, 0.05) is 12.5 Å². The SMILES string of the molecule is CC.CC(=O)CCC(NC(=O)NC(C)Cc1ccccc1)C(C)=O. The van der Waals surface area contributed by atoms with E-state index in [1.165, 1.54) is 13.8 Å². The molecule has 0 radical (unpaired) electrons. The van der Waals surface area contributed by atoms with Crippen molar-refractivity contribution in [1.82, 2.24) is 10.6 Å². The average Bonchev–Trinajstić information content (AvgIpc) is 2.53. The van der Waals surface area contributed by atoms with Gasteiger partial charge >= 0.3 is 6.03 Å². The number of rotatable bonds is 8. The van der Waals surface area contributed by atoms with Crippen LogP contribution in [0.4, 0.5) is 4.79 Å². The summed E-state index contributed by atoms with van der Waals surface area (Å²) in [7, 11) is 0. The number of hydrogen-bond donors (Lipinski definition) is 2. The molecular formula is C19H30N2O3. The molecule has 0 aliphatic heterocycles. The Morgan fingerprint density at radius 1 is 1.00 bits per heavy atom. The second-order valence-corrected chi connectivity index (χ2v) is 5.61. The number of Topliss-reactive ketones (excluding diaryl/α,β-unsaturated/α-hetero) is 2. The lowest BCUT2D eigenvalue weighted by Crippen LogP contribution is -2.48. The van der Waals surface area contributed by atoms with Crippen LogP contribution >= 0.6 is 0 Å². The fraction of sp³-hybridized carbons (Fsp3) is 0.526. The van der Waals surface area contributed by atoms with Gasteiger partial charge in [0.1, 0.15) is 5.78 Å². The van der Waals surface area contributed by atoms with Gasteiger partial charge in [-0.05, 0) is 39.2 Å². The molecule has 5 heteroatoms. The summed E-state index contributed by atoms with van der Waals surface area (Å²) in [6.07, 6.45) is 1.34. The summed E-state index contributed by atoms with van der Waals surface area (Å²) in [5, 5.41) is 5.45. The molecule has 0 saturated carbocycles. The smallest absolute Gasteiger partial charge is 0.315 e. The lowest BCUT2D eigenvalue weighted by Gasteiger charge is -2.19. The summed E-state index contributed by atoms with van der Waals surface area (Å²) in [6, 6.07) is 8.80. The number of benzene rings is 1. The summed E-state index contributed by atoms with van der Waals surface area (Å²) in [5.41, 5.74) is 1.13. The third kappa shape index (κ3) is 9.77. The number of carbonyl (C=O) groups excluding carboxylic acids is 3. The van der Waals surface area contributed by atoms with Crippen LogP contribution in [-0.4, -0.2) is 29.7 Å². The molecule has 2 N–H and O–H groups in total. The summed E-state index contributed by atoms with van der Waals surface area (Å²) in [6.45, 7) is 8.79. The summed E-state index contributed by atoms with van der Waals surface area (Å²) >= 11 is 0. The molecule has 134 valence electrons. The van der Waals surface area contributed by atoms with Crippen molar-refractivity contribution in [2.24, 2.45) is 0 Å². The zero-order valence-corrected chi connectivity index (χ0v) is 15.4. The molecule has 0 saturated heterocycles. The van der Waals surface area contributed by atoms with Crippen LogP contribution in [-0.2, 0) is 16.0 Å². The lowest BCUT2D eigenvalue weighted by atomic mass is 10.1. The highest BCUT2D eigenvalue weighted by atomic mass is 16.2. The molecular weight excluding hydrogens is 304 g/mol. The summed E-state index contributed by atoms with van der Waals surface area (Å²) in [5.74, 6) is -0.141. The number of nitrogens with one attached hydrogen (secondary N) is 2. The van der Waals surface area contributed by atoms with Gasteiger partial charge in [0.15, 0.2) is 5.78 Å². The molecule has 5 nitrogen and oxygen atoms in total. The van der Waals surface area contributed by atoms with Crippen LogP contribution in [0.5, 0.6) is 0 Å². The molecule has 0 aromatic heterocycles. The van der Waals surface area contributed by atoms with E-state index in [0.29, 0.717) is 12.8 Å². The van der Waals surface area contributed by atoms with Gasteiger partial charge in [0.25, 0.3) is 0 Å². The first-order valence-corrected chi connectivity index (χ1v) is 8.49. The zero-order chi connectivity index (χ0) is 18.5. The highest BCUT2D eigenvalue weighted by Gasteiger charge is 2.18. The fourth-order valence-electron chi connectivity index (χ4n) is 2.17. The molecule has 0 bridgehead atoms. The third-order valence-corrected chi connectivity index (χ3v) is 3.34. The Morgan fingerprint density at radius 2 is 1.58 bits per heavy atom. The van der Waals surface area contributed by atoms with Gasteiger partial charge in [-0.3, -0.25) is 4.79 Å². The highest BCUT2D eigenvalue weighted by Crippen LogP contribution is 2.03. The molecule has 2 amide bonds. The minimum Gasteiger partial charge on any atom is -0.335 e. The van der Waals surface area contributed by atoms with E-state index >= 15 is 0 Å². The second kappa shape index (κ2) is 12.3. The van der Waals surface area contributed by atoms with E-state index in [9.17, 15) is 14.4 Å². The minimum absolute atomic E-state index is 0.00547. The van der Waals surface area contributed by atoms with Crippen LogP contribution in [0.3, 0.4) is 0 Å². The maximum Gasteiger partial charge on any atom is 0.315 e. The van der Waals surface area contributed by atoms with Gasteiger partial charge in [0.05, 0.1) is 6.04 Å².